The highest BCUT2D eigenvalue weighted by Crippen LogP contribution is 2.23. The Kier molecular flexibility index (Phi) is 5.26. The molecule has 1 aliphatic rings. The molecule has 1 aromatic heterocycles. The molecular weight excluding hydrogens is 224 g/mol. The van der Waals surface area contributed by atoms with Crippen molar-refractivity contribution in [2.24, 2.45) is 0 Å². The van der Waals surface area contributed by atoms with Crippen LogP contribution in [0.15, 0.2) is 16.5 Å². The van der Waals surface area contributed by atoms with E-state index < -0.39 is 0 Å². The smallest absolute Gasteiger partial charge is 0.118 e. The summed E-state index contributed by atoms with van der Waals surface area (Å²) in [4.78, 5) is 2.61. The van der Waals surface area contributed by atoms with Crippen molar-refractivity contribution in [3.8, 4) is 0 Å². The first kappa shape index (κ1) is 13.6. The third-order valence-electron chi connectivity index (χ3n) is 3.80. The van der Waals surface area contributed by atoms with Gasteiger partial charge in [0.15, 0.2) is 0 Å². The van der Waals surface area contributed by atoms with Crippen LogP contribution in [0.1, 0.15) is 50.5 Å². The van der Waals surface area contributed by atoms with Crippen LogP contribution < -0.4 is 5.32 Å². The summed E-state index contributed by atoms with van der Waals surface area (Å²) in [5.74, 6) is 2.15. The van der Waals surface area contributed by atoms with Gasteiger partial charge in [-0.2, -0.15) is 0 Å². The van der Waals surface area contributed by atoms with E-state index in [1.165, 1.54) is 38.6 Å². The summed E-state index contributed by atoms with van der Waals surface area (Å²) in [5.41, 5.74) is 0. The molecule has 1 atom stereocenters. The predicted octanol–water partition coefficient (Wildman–Crippen LogP) is 3.15. The molecule has 0 amide bonds. The highest BCUT2D eigenvalue weighted by molar-refractivity contribution is 5.07. The Labute approximate surface area is 111 Å². The molecule has 1 fully saturated rings. The normalized spacial score (nSPS) is 21.3. The molecule has 0 aromatic carbocycles. The molecule has 0 aliphatic carbocycles. The van der Waals surface area contributed by atoms with Crippen LogP contribution >= 0.6 is 0 Å². The lowest BCUT2D eigenvalue weighted by molar-refractivity contribution is 0.121. The molecule has 0 saturated carbocycles. The van der Waals surface area contributed by atoms with E-state index in [4.69, 9.17) is 4.42 Å². The molecule has 3 nitrogen and oxygen atoms in total. The lowest BCUT2D eigenvalue weighted by Gasteiger charge is -2.35. The van der Waals surface area contributed by atoms with Gasteiger partial charge in [0.2, 0.25) is 0 Å². The summed E-state index contributed by atoms with van der Waals surface area (Å²) >= 11 is 0. The Morgan fingerprint density at radius 3 is 2.94 bits per heavy atom. The van der Waals surface area contributed by atoms with Gasteiger partial charge in [-0.3, -0.25) is 4.90 Å². The van der Waals surface area contributed by atoms with E-state index in [-0.39, 0.29) is 0 Å². The summed E-state index contributed by atoms with van der Waals surface area (Å²) in [6, 6.07) is 4.98. The monoisotopic (exact) mass is 250 g/mol. The minimum absolute atomic E-state index is 0.765. The third kappa shape index (κ3) is 3.59. The number of hydrogen-bond donors (Lipinski definition) is 1. The van der Waals surface area contributed by atoms with Crippen LogP contribution in [0, 0.1) is 0 Å². The second-order valence-electron chi connectivity index (χ2n) is 5.31. The first-order valence-corrected chi connectivity index (χ1v) is 7.29. The Morgan fingerprint density at radius 2 is 2.17 bits per heavy atom. The van der Waals surface area contributed by atoms with Crippen LogP contribution in [0.3, 0.4) is 0 Å². The van der Waals surface area contributed by atoms with Gasteiger partial charge in [0.25, 0.3) is 0 Å². The van der Waals surface area contributed by atoms with Gasteiger partial charge in [0.1, 0.15) is 11.5 Å². The van der Waals surface area contributed by atoms with Crippen LogP contribution in [0.2, 0.25) is 0 Å². The molecule has 1 aromatic rings. The third-order valence-corrected chi connectivity index (χ3v) is 3.80. The van der Waals surface area contributed by atoms with Gasteiger partial charge >= 0.3 is 0 Å². The molecule has 1 aliphatic heterocycles. The molecule has 3 heteroatoms. The number of hydrogen-bond acceptors (Lipinski definition) is 3. The molecule has 2 rings (SSSR count). The van der Waals surface area contributed by atoms with Crippen LogP contribution in [-0.4, -0.2) is 24.5 Å². The van der Waals surface area contributed by atoms with E-state index in [9.17, 15) is 0 Å². The van der Waals surface area contributed by atoms with E-state index in [1.807, 2.05) is 7.05 Å². The quantitative estimate of drug-likeness (QED) is 0.840. The molecule has 1 N–H and O–H groups in total. The molecule has 1 saturated heterocycles. The summed E-state index contributed by atoms with van der Waals surface area (Å²) in [7, 11) is 1.95. The Morgan fingerprint density at radius 1 is 1.33 bits per heavy atom. The first-order valence-electron chi connectivity index (χ1n) is 7.29. The van der Waals surface area contributed by atoms with E-state index in [0.717, 1.165) is 30.7 Å². The number of rotatable bonds is 6. The molecule has 102 valence electrons. The SMILES string of the molecule is CCCC1CCCCN1Cc1ccc(CNC)o1. The molecular formula is C15H26N2O. The summed E-state index contributed by atoms with van der Waals surface area (Å²) in [6.45, 7) is 5.31. The van der Waals surface area contributed by atoms with E-state index in [0.29, 0.717) is 0 Å². The zero-order valence-corrected chi connectivity index (χ0v) is 11.7. The van der Waals surface area contributed by atoms with Crippen molar-refractivity contribution in [1.82, 2.24) is 10.2 Å². The maximum Gasteiger partial charge on any atom is 0.118 e. The molecule has 1 unspecified atom stereocenters. The summed E-state index contributed by atoms with van der Waals surface area (Å²) < 4.78 is 5.85. The molecule has 2 heterocycles. The van der Waals surface area contributed by atoms with Crippen molar-refractivity contribution in [2.75, 3.05) is 13.6 Å². The average molecular weight is 250 g/mol. The maximum atomic E-state index is 5.85. The van der Waals surface area contributed by atoms with Gasteiger partial charge in [-0.05, 0) is 45.0 Å². The van der Waals surface area contributed by atoms with Gasteiger partial charge in [-0.25, -0.2) is 0 Å². The van der Waals surface area contributed by atoms with Crippen molar-refractivity contribution < 1.29 is 4.42 Å². The highest BCUT2D eigenvalue weighted by atomic mass is 16.3. The summed E-state index contributed by atoms with van der Waals surface area (Å²) in [6.07, 6.45) is 6.70. The topological polar surface area (TPSA) is 28.4 Å². The number of nitrogens with one attached hydrogen (secondary N) is 1. The second kappa shape index (κ2) is 6.95. The zero-order chi connectivity index (χ0) is 12.8. The van der Waals surface area contributed by atoms with Crippen LogP contribution in [0.5, 0.6) is 0 Å². The van der Waals surface area contributed by atoms with Crippen LogP contribution in [0.4, 0.5) is 0 Å². The number of nitrogens with zero attached hydrogens (tertiary/aromatic N) is 1. The number of furan rings is 1. The van der Waals surface area contributed by atoms with Crippen molar-refractivity contribution >= 4 is 0 Å². The Hall–Kier alpha value is -0.800. The zero-order valence-electron chi connectivity index (χ0n) is 11.7. The maximum absolute atomic E-state index is 5.85. The number of likely N-dealkylation sites (tertiary alicyclic amines) is 1. The molecule has 0 bridgehead atoms. The van der Waals surface area contributed by atoms with E-state index in [1.54, 1.807) is 0 Å². The Bertz CT molecular complexity index is 346. The van der Waals surface area contributed by atoms with Gasteiger partial charge in [-0.1, -0.05) is 19.8 Å². The van der Waals surface area contributed by atoms with Crippen molar-refractivity contribution in [2.45, 2.75) is 58.2 Å². The largest absolute Gasteiger partial charge is 0.463 e. The van der Waals surface area contributed by atoms with E-state index >= 15 is 0 Å². The van der Waals surface area contributed by atoms with Gasteiger partial charge in [0.05, 0.1) is 13.1 Å². The fourth-order valence-electron chi connectivity index (χ4n) is 2.91. The number of piperidine rings is 1. The predicted molar refractivity (Wildman–Crippen MR) is 74.4 cm³/mol. The molecule has 18 heavy (non-hydrogen) atoms. The standard InChI is InChI=1S/C15H26N2O/c1-3-6-13-7-4-5-10-17(13)12-15-9-8-14(18-15)11-16-2/h8-9,13,16H,3-7,10-12H2,1-2H3. The van der Waals surface area contributed by atoms with Crippen molar-refractivity contribution in [3.63, 3.8) is 0 Å². The fourth-order valence-corrected chi connectivity index (χ4v) is 2.91. The van der Waals surface area contributed by atoms with Crippen molar-refractivity contribution in [3.05, 3.63) is 23.7 Å². The van der Waals surface area contributed by atoms with Crippen LogP contribution in [0.25, 0.3) is 0 Å². The Balaban J connectivity index is 1.92. The van der Waals surface area contributed by atoms with Crippen LogP contribution in [-0.2, 0) is 13.1 Å². The van der Waals surface area contributed by atoms with Gasteiger partial charge in [0, 0.05) is 6.04 Å². The van der Waals surface area contributed by atoms with Gasteiger partial charge in [-0.15, -0.1) is 0 Å². The lowest BCUT2D eigenvalue weighted by atomic mass is 9.98. The lowest BCUT2D eigenvalue weighted by Crippen LogP contribution is -2.38. The minimum atomic E-state index is 0.765. The minimum Gasteiger partial charge on any atom is -0.463 e. The van der Waals surface area contributed by atoms with Crippen molar-refractivity contribution in [1.29, 1.82) is 0 Å². The molecule has 0 radical (unpaired) electrons. The van der Waals surface area contributed by atoms with Gasteiger partial charge < -0.3 is 9.73 Å². The van der Waals surface area contributed by atoms with E-state index in [2.05, 4.69) is 29.3 Å². The molecule has 0 spiro atoms. The first-order chi connectivity index (χ1) is 8.83. The summed E-state index contributed by atoms with van der Waals surface area (Å²) in [5, 5.41) is 3.12. The highest BCUT2D eigenvalue weighted by Gasteiger charge is 2.22. The fraction of sp³-hybridized carbons (Fsp3) is 0.733. The second-order valence-corrected chi connectivity index (χ2v) is 5.31. The average Bonchev–Trinajstić information content (AvgIpc) is 2.80.